The molecular weight excluding hydrogens is 342 g/mol. The van der Waals surface area contributed by atoms with Crippen molar-refractivity contribution < 1.29 is 14.4 Å². The van der Waals surface area contributed by atoms with Crippen molar-refractivity contribution in [2.75, 3.05) is 13.1 Å². The topological polar surface area (TPSA) is 69.7 Å². The molecule has 0 unspecified atom stereocenters. The van der Waals surface area contributed by atoms with Crippen LogP contribution in [0.4, 0.5) is 0 Å². The van der Waals surface area contributed by atoms with Gasteiger partial charge in [0.1, 0.15) is 0 Å². The summed E-state index contributed by atoms with van der Waals surface area (Å²) in [6, 6.07) is 9.41. The summed E-state index contributed by atoms with van der Waals surface area (Å²) in [4.78, 5) is 41.4. The third-order valence-corrected chi connectivity index (χ3v) is 6.79. The van der Waals surface area contributed by atoms with Crippen LogP contribution in [-0.2, 0) is 9.59 Å². The molecule has 2 bridgehead atoms. The Hall–Kier alpha value is -2.37. The molecule has 6 nitrogen and oxygen atoms in total. The molecule has 0 aromatic heterocycles. The maximum absolute atomic E-state index is 13.0. The van der Waals surface area contributed by atoms with Crippen molar-refractivity contribution in [2.24, 2.45) is 5.41 Å². The highest BCUT2D eigenvalue weighted by Gasteiger charge is 2.61. The molecular formula is C21H27N3O3. The van der Waals surface area contributed by atoms with Gasteiger partial charge in [0, 0.05) is 36.5 Å². The highest BCUT2D eigenvalue weighted by molar-refractivity contribution is 5.96. The van der Waals surface area contributed by atoms with Crippen LogP contribution in [0.15, 0.2) is 30.3 Å². The van der Waals surface area contributed by atoms with E-state index in [1.165, 1.54) is 0 Å². The van der Waals surface area contributed by atoms with E-state index in [0.717, 1.165) is 25.7 Å². The predicted molar refractivity (Wildman–Crippen MR) is 101 cm³/mol. The first-order chi connectivity index (χ1) is 12.9. The Balaban J connectivity index is 1.48. The minimum atomic E-state index is -0.234. The number of nitrogens with zero attached hydrogens (tertiary/aromatic N) is 2. The van der Waals surface area contributed by atoms with Gasteiger partial charge in [0.2, 0.25) is 11.8 Å². The maximum Gasteiger partial charge on any atom is 0.251 e. The van der Waals surface area contributed by atoms with Gasteiger partial charge in [-0.2, -0.15) is 0 Å². The minimum absolute atomic E-state index is 0.00222. The fourth-order valence-corrected chi connectivity index (χ4v) is 5.70. The molecule has 2 heterocycles. The van der Waals surface area contributed by atoms with E-state index in [2.05, 4.69) is 12.2 Å². The molecule has 0 spiro atoms. The van der Waals surface area contributed by atoms with E-state index in [1.54, 1.807) is 31.2 Å². The molecule has 2 saturated heterocycles. The number of rotatable bonds is 3. The molecule has 3 amide bonds. The second-order valence-electron chi connectivity index (χ2n) is 8.35. The van der Waals surface area contributed by atoms with Crippen LogP contribution in [0.3, 0.4) is 0 Å². The third kappa shape index (κ3) is 2.91. The number of amides is 3. The fraction of sp³-hybridized carbons (Fsp3) is 0.571. The first-order valence-corrected chi connectivity index (χ1v) is 9.83. The molecule has 4 atom stereocenters. The van der Waals surface area contributed by atoms with Crippen molar-refractivity contribution in [1.82, 2.24) is 15.1 Å². The zero-order valence-corrected chi connectivity index (χ0v) is 16.0. The lowest BCUT2D eigenvalue weighted by Crippen LogP contribution is -2.59. The molecule has 2 aliphatic heterocycles. The summed E-state index contributed by atoms with van der Waals surface area (Å²) in [5, 5.41) is 2.76. The number of nitrogens with one attached hydrogen (secondary N) is 1. The molecule has 144 valence electrons. The van der Waals surface area contributed by atoms with Crippen molar-refractivity contribution in [2.45, 2.75) is 57.7 Å². The van der Waals surface area contributed by atoms with Crippen LogP contribution in [0.2, 0.25) is 0 Å². The molecule has 6 heteroatoms. The highest BCUT2D eigenvalue weighted by Crippen LogP contribution is 2.54. The molecule has 0 radical (unpaired) electrons. The number of carbonyl (C=O) groups is 3. The van der Waals surface area contributed by atoms with Crippen molar-refractivity contribution in [3.05, 3.63) is 35.9 Å². The lowest BCUT2D eigenvalue weighted by Gasteiger charge is -2.49. The fourth-order valence-electron chi connectivity index (χ4n) is 5.70. The van der Waals surface area contributed by atoms with E-state index < -0.39 is 0 Å². The van der Waals surface area contributed by atoms with Gasteiger partial charge in [0.05, 0.1) is 12.6 Å². The van der Waals surface area contributed by atoms with Crippen molar-refractivity contribution >= 4 is 17.7 Å². The van der Waals surface area contributed by atoms with Gasteiger partial charge in [-0.3, -0.25) is 14.4 Å². The number of hydrogen-bond donors (Lipinski definition) is 1. The summed E-state index contributed by atoms with van der Waals surface area (Å²) < 4.78 is 0. The van der Waals surface area contributed by atoms with Crippen LogP contribution >= 0.6 is 0 Å². The highest BCUT2D eigenvalue weighted by atomic mass is 16.2. The second kappa shape index (κ2) is 6.66. The SMILES string of the molecule is CC(=O)N1[C@@H]2CN(C(=O)CNC(=O)c3ccccc3)[C@@H]3CCC[C@H]1[C@]3(C)C2. The predicted octanol–water partition coefficient (Wildman–Crippen LogP) is 1.81. The van der Waals surface area contributed by atoms with Gasteiger partial charge in [-0.25, -0.2) is 0 Å². The normalized spacial score (nSPS) is 31.6. The molecule has 3 fully saturated rings. The molecule has 1 aliphatic carbocycles. The summed E-state index contributed by atoms with van der Waals surface area (Å²) in [5.74, 6) is -0.172. The standard InChI is InChI=1S/C21H27N3O3/c1-14(25)24-16-11-21(2)17(9-6-10-18(21)24)23(13-16)19(26)12-22-20(27)15-7-4-3-5-8-15/h3-5,7-8,16-18H,6,9-13H2,1-2H3,(H,22,27)/t16-,17+,18-,21+/m0/s1. The first-order valence-electron chi connectivity index (χ1n) is 9.83. The lowest BCUT2D eigenvalue weighted by atomic mass is 9.66. The zero-order chi connectivity index (χ0) is 19.2. The number of hydrogen-bond acceptors (Lipinski definition) is 3. The Morgan fingerprint density at radius 1 is 1.15 bits per heavy atom. The van der Waals surface area contributed by atoms with Gasteiger partial charge < -0.3 is 15.1 Å². The van der Waals surface area contributed by atoms with Crippen LogP contribution in [-0.4, -0.2) is 58.7 Å². The second-order valence-corrected chi connectivity index (χ2v) is 8.35. The number of benzene rings is 1. The molecule has 4 rings (SSSR count). The lowest BCUT2D eigenvalue weighted by molar-refractivity contribution is -0.138. The largest absolute Gasteiger partial charge is 0.343 e. The monoisotopic (exact) mass is 369 g/mol. The minimum Gasteiger partial charge on any atom is -0.343 e. The number of carbonyl (C=O) groups excluding carboxylic acids is 3. The van der Waals surface area contributed by atoms with Gasteiger partial charge in [-0.15, -0.1) is 0 Å². The number of piperidine rings is 1. The van der Waals surface area contributed by atoms with Crippen LogP contribution in [0, 0.1) is 5.41 Å². The zero-order valence-electron chi connectivity index (χ0n) is 16.0. The molecule has 1 aromatic carbocycles. The molecule has 27 heavy (non-hydrogen) atoms. The molecule has 1 N–H and O–H groups in total. The maximum atomic E-state index is 13.0. The first kappa shape index (κ1) is 18.0. The summed E-state index contributed by atoms with van der Waals surface area (Å²) in [7, 11) is 0. The molecule has 1 aromatic rings. The van der Waals surface area contributed by atoms with Gasteiger partial charge >= 0.3 is 0 Å². The van der Waals surface area contributed by atoms with Crippen molar-refractivity contribution in [1.29, 1.82) is 0 Å². The quantitative estimate of drug-likeness (QED) is 0.883. The Morgan fingerprint density at radius 3 is 2.56 bits per heavy atom. The summed E-state index contributed by atoms with van der Waals surface area (Å²) >= 11 is 0. The number of likely N-dealkylation sites (tertiary alicyclic amines) is 2. The summed E-state index contributed by atoms with van der Waals surface area (Å²) in [6.07, 6.45) is 4.00. The Kier molecular flexibility index (Phi) is 4.44. The van der Waals surface area contributed by atoms with Gasteiger partial charge in [-0.1, -0.05) is 25.1 Å². The average Bonchev–Trinajstić information content (AvgIpc) is 2.96. The average molecular weight is 369 g/mol. The van der Waals surface area contributed by atoms with Crippen LogP contribution in [0.1, 0.15) is 49.9 Å². The number of fused-ring (bicyclic) bond motifs is 1. The molecule has 1 saturated carbocycles. The Morgan fingerprint density at radius 2 is 1.85 bits per heavy atom. The van der Waals surface area contributed by atoms with E-state index in [4.69, 9.17) is 0 Å². The van der Waals surface area contributed by atoms with Crippen molar-refractivity contribution in [3.8, 4) is 0 Å². The Bertz CT molecular complexity index is 765. The van der Waals surface area contributed by atoms with Gasteiger partial charge in [-0.05, 0) is 37.8 Å². The van der Waals surface area contributed by atoms with E-state index >= 15 is 0 Å². The van der Waals surface area contributed by atoms with E-state index in [9.17, 15) is 14.4 Å². The summed E-state index contributed by atoms with van der Waals surface area (Å²) in [5.41, 5.74) is 0.517. The smallest absolute Gasteiger partial charge is 0.251 e. The van der Waals surface area contributed by atoms with E-state index in [-0.39, 0.29) is 47.8 Å². The van der Waals surface area contributed by atoms with Crippen molar-refractivity contribution in [3.63, 3.8) is 0 Å². The third-order valence-electron chi connectivity index (χ3n) is 6.79. The van der Waals surface area contributed by atoms with Gasteiger partial charge in [0.25, 0.3) is 5.91 Å². The Labute approximate surface area is 159 Å². The van der Waals surface area contributed by atoms with Crippen LogP contribution < -0.4 is 5.32 Å². The molecule has 3 aliphatic rings. The van der Waals surface area contributed by atoms with E-state index in [1.807, 2.05) is 15.9 Å². The summed E-state index contributed by atoms with van der Waals surface area (Å²) in [6.45, 7) is 4.45. The van der Waals surface area contributed by atoms with E-state index in [0.29, 0.717) is 12.1 Å². The van der Waals surface area contributed by atoms with Crippen LogP contribution in [0.5, 0.6) is 0 Å². The van der Waals surface area contributed by atoms with Crippen LogP contribution in [0.25, 0.3) is 0 Å². The van der Waals surface area contributed by atoms with Gasteiger partial charge in [0.15, 0.2) is 0 Å².